The van der Waals surface area contributed by atoms with Crippen LogP contribution in [0.15, 0.2) is 17.1 Å². The van der Waals surface area contributed by atoms with E-state index in [0.717, 1.165) is 18.9 Å². The minimum absolute atomic E-state index is 0.0211. The summed E-state index contributed by atoms with van der Waals surface area (Å²) in [6, 6.07) is 0.470. The van der Waals surface area contributed by atoms with Crippen molar-refractivity contribution in [1.29, 1.82) is 0 Å². The highest BCUT2D eigenvalue weighted by molar-refractivity contribution is 5.97. The third kappa shape index (κ3) is 7.18. The molecule has 1 aromatic heterocycles. The number of hydrogen-bond acceptors (Lipinski definition) is 8. The van der Waals surface area contributed by atoms with E-state index in [1.165, 1.54) is 13.3 Å². The van der Waals surface area contributed by atoms with Crippen LogP contribution in [0.3, 0.4) is 0 Å². The molecule has 238 valence electrons. The van der Waals surface area contributed by atoms with Crippen molar-refractivity contribution in [2.75, 3.05) is 51.5 Å². The Morgan fingerprint density at radius 2 is 1.84 bits per heavy atom. The number of halogens is 3. The summed E-state index contributed by atoms with van der Waals surface area (Å²) in [5, 5.41) is 15.0. The van der Waals surface area contributed by atoms with Gasteiger partial charge in [-0.2, -0.15) is 0 Å². The Balaban J connectivity index is 0.000000239. The number of fused-ring (bicyclic) bond motifs is 1. The van der Waals surface area contributed by atoms with E-state index in [0.29, 0.717) is 18.6 Å². The van der Waals surface area contributed by atoms with Crippen LogP contribution in [-0.2, 0) is 4.74 Å². The van der Waals surface area contributed by atoms with E-state index in [4.69, 9.17) is 15.2 Å². The minimum Gasteiger partial charge on any atom is -0.492 e. The number of aromatic carboxylic acids is 1. The highest BCUT2D eigenvalue weighted by atomic mass is 19.1. The van der Waals surface area contributed by atoms with Crippen molar-refractivity contribution in [3.05, 3.63) is 33.9 Å². The molecule has 0 radical (unpaired) electrons. The van der Waals surface area contributed by atoms with Crippen molar-refractivity contribution < 1.29 is 37.3 Å². The van der Waals surface area contributed by atoms with Crippen LogP contribution in [0.25, 0.3) is 10.9 Å². The zero-order valence-electron chi connectivity index (χ0n) is 24.8. The van der Waals surface area contributed by atoms with Gasteiger partial charge in [-0.3, -0.25) is 13.6 Å². The van der Waals surface area contributed by atoms with Gasteiger partial charge in [0.1, 0.15) is 16.9 Å². The fourth-order valence-electron chi connectivity index (χ4n) is 5.49. The molecular formula is C29H40F3N5O6. The lowest BCUT2D eigenvalue weighted by molar-refractivity contribution is 0.0494. The van der Waals surface area contributed by atoms with Crippen LogP contribution >= 0.6 is 0 Å². The molecule has 2 aromatic rings. The Bertz CT molecular complexity index is 1410. The van der Waals surface area contributed by atoms with Crippen LogP contribution in [0.1, 0.15) is 50.0 Å². The first kappa shape index (κ1) is 32.4. The predicted molar refractivity (Wildman–Crippen MR) is 155 cm³/mol. The number of aromatic nitrogens is 1. The third-order valence-corrected chi connectivity index (χ3v) is 7.82. The van der Waals surface area contributed by atoms with Crippen molar-refractivity contribution in [2.45, 2.75) is 57.3 Å². The number of carbonyl (C=O) groups excluding carboxylic acids is 1. The average molecular weight is 612 g/mol. The second-order valence-electron chi connectivity index (χ2n) is 12.3. The molecule has 3 fully saturated rings. The molecule has 3 aliphatic rings. The number of pyridine rings is 1. The number of methoxy groups -OCH3 is 1. The molecule has 1 amide bonds. The van der Waals surface area contributed by atoms with Gasteiger partial charge in [0.2, 0.25) is 5.43 Å². The second-order valence-corrected chi connectivity index (χ2v) is 12.3. The van der Waals surface area contributed by atoms with Crippen molar-refractivity contribution in [2.24, 2.45) is 17.6 Å². The number of ether oxygens (including phenoxy) is 2. The molecule has 0 spiro atoms. The minimum atomic E-state index is -1.36. The molecule has 11 nitrogen and oxygen atoms in total. The lowest BCUT2D eigenvalue weighted by atomic mass is 10.1. The number of alkyl carbamates (subject to hydrolysis) is 1. The number of hydrogen-bond donors (Lipinski definition) is 4. The molecule has 2 aliphatic heterocycles. The normalized spacial score (nSPS) is 23.6. The number of alkyl halides is 2. The van der Waals surface area contributed by atoms with Gasteiger partial charge in [-0.15, -0.1) is 0 Å². The standard InChI is InChI=1S/C19H21F2N3O4.C10H19FN2O2/c1-28-18-15-11(17(25)12(19(26)27)7-24(15)10-2-3-10)4-13(21)16(18)23-6-9(5-20)14(22)8-23;1-10(2,3)15-9(14)13-8-6-12-5-7(8)4-11/h4,7,9-10,14H,2-3,5-6,8,22H2,1H3,(H,26,27);7-8,12H,4-6H2,1-3H3,(H,13,14)/t9-,14+;7-,8+/m00/s1. The Hall–Kier alpha value is -3.52. The maximum Gasteiger partial charge on any atom is 0.407 e. The molecule has 5 N–H and O–H groups in total. The number of carboxylic acids is 1. The lowest BCUT2D eigenvalue weighted by Crippen LogP contribution is -2.43. The van der Waals surface area contributed by atoms with E-state index >= 15 is 4.39 Å². The molecule has 3 heterocycles. The van der Waals surface area contributed by atoms with Crippen molar-refractivity contribution in [1.82, 2.24) is 15.2 Å². The number of amides is 1. The molecular weight excluding hydrogens is 571 g/mol. The maximum atomic E-state index is 15.1. The third-order valence-electron chi connectivity index (χ3n) is 7.82. The highest BCUT2D eigenvalue weighted by Gasteiger charge is 2.36. The summed E-state index contributed by atoms with van der Waals surface area (Å²) in [6.07, 6.45) is 2.47. The Morgan fingerprint density at radius 1 is 1.16 bits per heavy atom. The quantitative estimate of drug-likeness (QED) is 0.371. The van der Waals surface area contributed by atoms with Gasteiger partial charge in [0, 0.05) is 56.3 Å². The predicted octanol–water partition coefficient (Wildman–Crippen LogP) is 2.98. The van der Waals surface area contributed by atoms with Gasteiger partial charge in [-0.25, -0.2) is 14.0 Å². The lowest BCUT2D eigenvalue weighted by Gasteiger charge is -2.24. The summed E-state index contributed by atoms with van der Waals surface area (Å²) in [6.45, 7) is 6.07. The molecule has 1 aromatic carbocycles. The smallest absolute Gasteiger partial charge is 0.407 e. The van der Waals surface area contributed by atoms with Crippen LogP contribution in [0.4, 0.5) is 23.7 Å². The van der Waals surface area contributed by atoms with Crippen LogP contribution in [0.2, 0.25) is 0 Å². The number of nitrogens with one attached hydrogen (secondary N) is 2. The summed E-state index contributed by atoms with van der Waals surface area (Å²) in [7, 11) is 1.37. The van der Waals surface area contributed by atoms with Crippen molar-refractivity contribution in [3.63, 3.8) is 0 Å². The van der Waals surface area contributed by atoms with Gasteiger partial charge >= 0.3 is 12.1 Å². The first-order valence-corrected chi connectivity index (χ1v) is 14.3. The summed E-state index contributed by atoms with van der Waals surface area (Å²) in [5.74, 6) is -2.50. The molecule has 43 heavy (non-hydrogen) atoms. The number of nitrogens with zero attached hydrogens (tertiary/aromatic N) is 2. The van der Waals surface area contributed by atoms with E-state index in [1.807, 2.05) is 0 Å². The SMILES string of the molecule is CC(C)(C)OC(=O)N[C@@H]1CNC[C@@H]1CF.COc1c(N2C[C@H](CF)[C@H](N)C2)c(F)cc2c(=O)c(C(=O)O)cn(C3CC3)c12. The zero-order valence-corrected chi connectivity index (χ0v) is 24.8. The van der Waals surface area contributed by atoms with Crippen molar-refractivity contribution >= 4 is 28.7 Å². The number of anilines is 1. The summed E-state index contributed by atoms with van der Waals surface area (Å²) >= 11 is 0. The molecule has 1 aliphatic carbocycles. The summed E-state index contributed by atoms with van der Waals surface area (Å²) in [4.78, 5) is 37.2. The highest BCUT2D eigenvalue weighted by Crippen LogP contribution is 2.44. The van der Waals surface area contributed by atoms with Crippen LogP contribution in [0.5, 0.6) is 5.75 Å². The summed E-state index contributed by atoms with van der Waals surface area (Å²) < 4.78 is 53.1. The van der Waals surface area contributed by atoms with Gasteiger partial charge < -0.3 is 40.4 Å². The molecule has 14 heteroatoms. The van der Waals surface area contributed by atoms with Crippen LogP contribution in [-0.4, -0.2) is 86.1 Å². The van der Waals surface area contributed by atoms with E-state index in [1.54, 1.807) is 30.2 Å². The van der Waals surface area contributed by atoms with Gasteiger partial charge in [0.05, 0.1) is 37.4 Å². The molecule has 2 saturated heterocycles. The zero-order chi connectivity index (χ0) is 31.6. The molecule has 0 unspecified atom stereocenters. The Morgan fingerprint density at radius 3 is 2.37 bits per heavy atom. The van der Waals surface area contributed by atoms with Gasteiger partial charge in [0.25, 0.3) is 0 Å². The summed E-state index contributed by atoms with van der Waals surface area (Å²) in [5.41, 5.74) is 4.77. The van der Waals surface area contributed by atoms with Crippen molar-refractivity contribution in [3.8, 4) is 5.75 Å². The van der Waals surface area contributed by atoms with E-state index in [-0.39, 0.29) is 47.9 Å². The van der Waals surface area contributed by atoms with E-state index in [2.05, 4.69) is 10.6 Å². The Kier molecular flexibility index (Phi) is 9.79. The van der Waals surface area contributed by atoms with Crippen LogP contribution in [0, 0.1) is 17.7 Å². The largest absolute Gasteiger partial charge is 0.492 e. The first-order chi connectivity index (χ1) is 20.3. The van der Waals surface area contributed by atoms with E-state index in [9.17, 15) is 28.3 Å². The number of rotatable bonds is 7. The molecule has 1 saturated carbocycles. The monoisotopic (exact) mass is 611 g/mol. The van der Waals surface area contributed by atoms with Gasteiger partial charge in [-0.1, -0.05) is 0 Å². The fraction of sp³-hybridized carbons (Fsp3) is 0.621. The topological polar surface area (TPSA) is 148 Å². The van der Waals surface area contributed by atoms with Gasteiger partial charge in [0.15, 0.2) is 11.6 Å². The number of carboxylic acid groups (broad SMARTS) is 1. The molecule has 4 atom stereocenters. The number of benzene rings is 1. The first-order valence-electron chi connectivity index (χ1n) is 14.3. The van der Waals surface area contributed by atoms with Gasteiger partial charge in [-0.05, 0) is 39.7 Å². The fourth-order valence-corrected chi connectivity index (χ4v) is 5.49. The molecule has 5 rings (SSSR count). The number of nitrogens with two attached hydrogens (primary N) is 1. The maximum absolute atomic E-state index is 15.1. The van der Waals surface area contributed by atoms with Crippen LogP contribution < -0.4 is 31.4 Å². The second kappa shape index (κ2) is 13.0. The van der Waals surface area contributed by atoms with E-state index < -0.39 is 59.8 Å². The average Bonchev–Trinajstić information content (AvgIpc) is 3.57. The Labute approximate surface area is 247 Å². The number of carbonyl (C=O) groups is 2. The molecule has 0 bridgehead atoms.